The number of hydrogen-bond acceptors (Lipinski definition) is 3. The lowest BCUT2D eigenvalue weighted by Gasteiger charge is -2.37. The van der Waals surface area contributed by atoms with Crippen molar-refractivity contribution in [2.24, 2.45) is 5.41 Å². The van der Waals surface area contributed by atoms with E-state index in [4.69, 9.17) is 10.00 Å². The normalized spacial score (nSPS) is 18.5. The molecule has 0 amide bonds. The molecule has 0 aromatic carbocycles. The van der Waals surface area contributed by atoms with Gasteiger partial charge in [0.05, 0.1) is 19.3 Å². The standard InChI is InChI=1S/C11H15N3O/c1-14(5-10-3-2-4-13-10)7-11(6-12)8-15-9-11/h2-4,13H,5,7-9H2,1H3. The highest BCUT2D eigenvalue weighted by molar-refractivity contribution is 5.07. The number of rotatable bonds is 4. The van der Waals surface area contributed by atoms with Crippen LogP contribution in [-0.2, 0) is 11.3 Å². The molecule has 1 aliphatic rings. The van der Waals surface area contributed by atoms with Crippen molar-refractivity contribution in [3.05, 3.63) is 24.0 Å². The molecule has 0 atom stereocenters. The van der Waals surface area contributed by atoms with Gasteiger partial charge in [-0.3, -0.25) is 4.90 Å². The fourth-order valence-electron chi connectivity index (χ4n) is 1.87. The smallest absolute Gasteiger partial charge is 0.116 e. The van der Waals surface area contributed by atoms with Crippen LogP contribution in [0.1, 0.15) is 5.69 Å². The monoisotopic (exact) mass is 205 g/mol. The van der Waals surface area contributed by atoms with Crippen molar-refractivity contribution in [1.29, 1.82) is 5.26 Å². The van der Waals surface area contributed by atoms with Gasteiger partial charge in [-0.25, -0.2) is 0 Å². The molecule has 1 aliphatic heterocycles. The van der Waals surface area contributed by atoms with Crippen LogP contribution in [0.2, 0.25) is 0 Å². The fourth-order valence-corrected chi connectivity index (χ4v) is 1.87. The van der Waals surface area contributed by atoms with Gasteiger partial charge in [0.25, 0.3) is 0 Å². The van der Waals surface area contributed by atoms with Crippen LogP contribution in [0.15, 0.2) is 18.3 Å². The summed E-state index contributed by atoms with van der Waals surface area (Å²) in [6.45, 7) is 2.75. The molecule has 1 N–H and O–H groups in total. The summed E-state index contributed by atoms with van der Waals surface area (Å²) >= 11 is 0. The van der Waals surface area contributed by atoms with Crippen LogP contribution in [0.25, 0.3) is 0 Å². The van der Waals surface area contributed by atoms with Crippen molar-refractivity contribution in [1.82, 2.24) is 9.88 Å². The zero-order valence-electron chi connectivity index (χ0n) is 8.86. The topological polar surface area (TPSA) is 52.0 Å². The Kier molecular flexibility index (Phi) is 2.76. The van der Waals surface area contributed by atoms with Gasteiger partial charge in [-0.1, -0.05) is 0 Å². The van der Waals surface area contributed by atoms with Gasteiger partial charge >= 0.3 is 0 Å². The van der Waals surface area contributed by atoms with Crippen molar-refractivity contribution in [3.63, 3.8) is 0 Å². The Morgan fingerprint density at radius 3 is 2.93 bits per heavy atom. The highest BCUT2D eigenvalue weighted by Gasteiger charge is 2.39. The van der Waals surface area contributed by atoms with Crippen molar-refractivity contribution < 1.29 is 4.74 Å². The maximum absolute atomic E-state index is 9.05. The van der Waals surface area contributed by atoms with E-state index in [0.717, 1.165) is 13.1 Å². The minimum atomic E-state index is -0.276. The molecular weight excluding hydrogens is 190 g/mol. The van der Waals surface area contributed by atoms with Gasteiger partial charge in [0.15, 0.2) is 0 Å². The number of H-pyrrole nitrogens is 1. The average molecular weight is 205 g/mol. The van der Waals surface area contributed by atoms with Gasteiger partial charge in [-0.05, 0) is 19.2 Å². The van der Waals surface area contributed by atoms with E-state index in [9.17, 15) is 0 Å². The Bertz CT molecular complexity index is 348. The van der Waals surface area contributed by atoms with Crippen LogP contribution >= 0.6 is 0 Å². The fraction of sp³-hybridized carbons (Fsp3) is 0.545. The van der Waals surface area contributed by atoms with E-state index < -0.39 is 0 Å². The zero-order chi connectivity index (χ0) is 10.7. The highest BCUT2D eigenvalue weighted by atomic mass is 16.5. The first kappa shape index (κ1) is 10.2. The molecule has 2 heterocycles. The predicted octanol–water partition coefficient (Wildman–Crippen LogP) is 0.987. The van der Waals surface area contributed by atoms with Gasteiger partial charge in [-0.15, -0.1) is 0 Å². The summed E-state index contributed by atoms with van der Waals surface area (Å²) in [6.07, 6.45) is 1.91. The van der Waals surface area contributed by atoms with E-state index in [2.05, 4.69) is 16.0 Å². The van der Waals surface area contributed by atoms with E-state index in [0.29, 0.717) is 13.2 Å². The predicted molar refractivity (Wildman–Crippen MR) is 56.0 cm³/mol. The number of nitrogens with one attached hydrogen (secondary N) is 1. The lowest BCUT2D eigenvalue weighted by Crippen LogP contribution is -2.48. The molecule has 0 spiro atoms. The SMILES string of the molecule is CN(Cc1ccc[nH]1)CC1(C#N)COC1. The largest absolute Gasteiger partial charge is 0.378 e. The number of nitrogens with zero attached hydrogens (tertiary/aromatic N) is 2. The van der Waals surface area contributed by atoms with Gasteiger partial charge in [0.1, 0.15) is 5.41 Å². The molecule has 1 aromatic heterocycles. The van der Waals surface area contributed by atoms with Crippen molar-refractivity contribution in [2.75, 3.05) is 26.8 Å². The van der Waals surface area contributed by atoms with Crippen molar-refractivity contribution in [2.45, 2.75) is 6.54 Å². The Hall–Kier alpha value is -1.31. The van der Waals surface area contributed by atoms with Gasteiger partial charge in [-0.2, -0.15) is 5.26 Å². The first-order valence-electron chi connectivity index (χ1n) is 5.04. The van der Waals surface area contributed by atoms with E-state index in [-0.39, 0.29) is 5.41 Å². The molecular formula is C11H15N3O. The molecule has 0 bridgehead atoms. The van der Waals surface area contributed by atoms with Gasteiger partial charge < -0.3 is 9.72 Å². The second kappa shape index (κ2) is 4.05. The van der Waals surface area contributed by atoms with E-state index >= 15 is 0 Å². The molecule has 4 heteroatoms. The number of hydrogen-bond donors (Lipinski definition) is 1. The molecule has 4 nitrogen and oxygen atoms in total. The summed E-state index contributed by atoms with van der Waals surface area (Å²) in [5, 5.41) is 9.05. The number of aromatic amines is 1. The zero-order valence-corrected chi connectivity index (χ0v) is 8.86. The Balaban J connectivity index is 1.87. The maximum atomic E-state index is 9.05. The summed E-state index contributed by atoms with van der Waals surface area (Å²) < 4.78 is 5.11. The first-order chi connectivity index (χ1) is 7.24. The summed E-state index contributed by atoms with van der Waals surface area (Å²) in [6, 6.07) is 6.38. The van der Waals surface area contributed by atoms with E-state index in [1.54, 1.807) is 0 Å². The Labute approximate surface area is 89.5 Å². The number of ether oxygens (including phenoxy) is 1. The number of aromatic nitrogens is 1. The van der Waals surface area contributed by atoms with Gasteiger partial charge in [0.2, 0.25) is 0 Å². The Morgan fingerprint density at radius 1 is 1.67 bits per heavy atom. The summed E-state index contributed by atoms with van der Waals surface area (Å²) in [7, 11) is 2.03. The molecule has 0 unspecified atom stereocenters. The van der Waals surface area contributed by atoms with E-state index in [1.807, 2.05) is 25.4 Å². The molecule has 1 fully saturated rings. The maximum Gasteiger partial charge on any atom is 0.116 e. The average Bonchev–Trinajstić information content (AvgIpc) is 2.64. The second-order valence-corrected chi connectivity index (χ2v) is 4.25. The molecule has 0 radical (unpaired) electrons. The first-order valence-corrected chi connectivity index (χ1v) is 5.04. The summed E-state index contributed by atoms with van der Waals surface area (Å²) in [5.74, 6) is 0. The summed E-state index contributed by atoms with van der Waals surface area (Å²) in [5.41, 5.74) is 0.896. The van der Waals surface area contributed by atoms with E-state index in [1.165, 1.54) is 5.69 Å². The minimum absolute atomic E-state index is 0.276. The molecule has 1 saturated heterocycles. The quantitative estimate of drug-likeness (QED) is 0.797. The van der Waals surface area contributed by atoms with Crippen LogP contribution in [0, 0.1) is 16.7 Å². The highest BCUT2D eigenvalue weighted by Crippen LogP contribution is 2.27. The third kappa shape index (κ3) is 2.20. The van der Waals surface area contributed by atoms with Crippen LogP contribution in [-0.4, -0.2) is 36.7 Å². The van der Waals surface area contributed by atoms with Crippen LogP contribution in [0.5, 0.6) is 0 Å². The van der Waals surface area contributed by atoms with Crippen LogP contribution < -0.4 is 0 Å². The van der Waals surface area contributed by atoms with Crippen LogP contribution in [0.3, 0.4) is 0 Å². The molecule has 0 saturated carbocycles. The van der Waals surface area contributed by atoms with Crippen LogP contribution in [0.4, 0.5) is 0 Å². The van der Waals surface area contributed by atoms with Gasteiger partial charge in [0, 0.05) is 25.0 Å². The lowest BCUT2D eigenvalue weighted by atomic mass is 9.87. The second-order valence-electron chi connectivity index (χ2n) is 4.25. The molecule has 1 aromatic rings. The van der Waals surface area contributed by atoms with Crippen molar-refractivity contribution in [3.8, 4) is 6.07 Å². The third-order valence-electron chi connectivity index (χ3n) is 2.67. The number of nitriles is 1. The third-order valence-corrected chi connectivity index (χ3v) is 2.67. The molecule has 80 valence electrons. The Morgan fingerprint density at radius 2 is 2.47 bits per heavy atom. The molecule has 15 heavy (non-hydrogen) atoms. The lowest BCUT2D eigenvalue weighted by molar-refractivity contribution is -0.0896. The summed E-state index contributed by atoms with van der Waals surface area (Å²) in [4.78, 5) is 5.30. The molecule has 0 aliphatic carbocycles. The van der Waals surface area contributed by atoms with Crippen molar-refractivity contribution >= 4 is 0 Å². The molecule has 2 rings (SSSR count). The minimum Gasteiger partial charge on any atom is -0.378 e.